The third-order valence-electron chi connectivity index (χ3n) is 3.37. The second-order valence-electron chi connectivity index (χ2n) is 5.37. The molecule has 2 aromatic rings. The van der Waals surface area contributed by atoms with Gasteiger partial charge in [0.05, 0.1) is 15.6 Å². The molecule has 0 saturated heterocycles. The molecule has 2 aromatic carbocycles. The van der Waals surface area contributed by atoms with Crippen LogP contribution in [0.15, 0.2) is 48.5 Å². The predicted molar refractivity (Wildman–Crippen MR) is 97.7 cm³/mol. The van der Waals surface area contributed by atoms with Crippen molar-refractivity contribution in [1.82, 2.24) is 0 Å². The summed E-state index contributed by atoms with van der Waals surface area (Å²) in [6.45, 7) is 1.37. The second-order valence-corrected chi connectivity index (χ2v) is 5.78. The summed E-state index contributed by atoms with van der Waals surface area (Å²) in [5.74, 6) is -1.96. The molecule has 0 bridgehead atoms. The topological polar surface area (TPSA) is 98.5 Å². The highest BCUT2D eigenvalue weighted by molar-refractivity contribution is 6.33. The van der Waals surface area contributed by atoms with Crippen LogP contribution in [0.5, 0.6) is 0 Å². The Morgan fingerprint density at radius 2 is 1.93 bits per heavy atom. The van der Waals surface area contributed by atoms with Crippen molar-refractivity contribution in [2.24, 2.45) is 0 Å². The summed E-state index contributed by atoms with van der Waals surface area (Å²) >= 11 is 5.82. The van der Waals surface area contributed by atoms with Crippen molar-refractivity contribution in [1.29, 1.82) is 0 Å². The van der Waals surface area contributed by atoms with E-state index in [4.69, 9.17) is 16.3 Å². The summed E-state index contributed by atoms with van der Waals surface area (Å²) in [6, 6.07) is 8.99. The number of non-ortho nitro benzene ring substituents is 1. The molecule has 0 aliphatic heterocycles. The van der Waals surface area contributed by atoms with E-state index in [2.05, 4.69) is 5.32 Å². The highest BCUT2D eigenvalue weighted by atomic mass is 35.5. The number of ether oxygens (including phenoxy) is 1. The van der Waals surface area contributed by atoms with Crippen molar-refractivity contribution >= 4 is 40.9 Å². The maximum atomic E-state index is 13.0. The number of nitro benzene ring substituents is 1. The van der Waals surface area contributed by atoms with Crippen LogP contribution in [0.2, 0.25) is 5.02 Å². The average molecular weight is 393 g/mol. The van der Waals surface area contributed by atoms with Crippen LogP contribution in [0.4, 0.5) is 15.8 Å². The minimum Gasteiger partial charge on any atom is -0.449 e. The Labute approximate surface area is 158 Å². The van der Waals surface area contributed by atoms with Gasteiger partial charge in [-0.3, -0.25) is 14.9 Å². The number of nitro groups is 1. The number of amides is 1. The molecule has 0 aliphatic rings. The smallest absolute Gasteiger partial charge is 0.331 e. The van der Waals surface area contributed by atoms with Crippen LogP contribution in [-0.2, 0) is 14.3 Å². The maximum Gasteiger partial charge on any atom is 0.331 e. The molecule has 27 heavy (non-hydrogen) atoms. The molecular weight excluding hydrogens is 379 g/mol. The van der Waals surface area contributed by atoms with E-state index >= 15 is 0 Å². The van der Waals surface area contributed by atoms with Gasteiger partial charge in [0, 0.05) is 18.2 Å². The van der Waals surface area contributed by atoms with Gasteiger partial charge in [0.2, 0.25) is 0 Å². The number of benzene rings is 2. The van der Waals surface area contributed by atoms with Gasteiger partial charge >= 0.3 is 5.97 Å². The summed E-state index contributed by atoms with van der Waals surface area (Å²) in [7, 11) is 0. The fourth-order valence-electron chi connectivity index (χ4n) is 1.96. The van der Waals surface area contributed by atoms with E-state index in [1.807, 2.05) is 0 Å². The van der Waals surface area contributed by atoms with Crippen molar-refractivity contribution in [3.8, 4) is 0 Å². The van der Waals surface area contributed by atoms with Gasteiger partial charge in [-0.2, -0.15) is 0 Å². The lowest BCUT2D eigenvalue weighted by atomic mass is 10.2. The number of halogens is 2. The summed E-state index contributed by atoms with van der Waals surface area (Å²) in [5.41, 5.74) is 0.666. The number of carbonyl (C=O) groups excluding carboxylic acids is 2. The molecule has 0 radical (unpaired) electrons. The number of carbonyl (C=O) groups is 2. The van der Waals surface area contributed by atoms with Gasteiger partial charge < -0.3 is 10.1 Å². The Morgan fingerprint density at radius 1 is 1.26 bits per heavy atom. The third-order valence-corrected chi connectivity index (χ3v) is 3.68. The van der Waals surface area contributed by atoms with E-state index in [0.29, 0.717) is 5.56 Å². The van der Waals surface area contributed by atoms with Crippen LogP contribution in [0.25, 0.3) is 6.08 Å². The van der Waals surface area contributed by atoms with E-state index in [1.54, 1.807) is 0 Å². The van der Waals surface area contributed by atoms with Gasteiger partial charge in [0.15, 0.2) is 6.10 Å². The van der Waals surface area contributed by atoms with Crippen molar-refractivity contribution in [3.63, 3.8) is 0 Å². The fraction of sp³-hybridized carbons (Fsp3) is 0.111. The molecule has 0 fully saturated rings. The standard InChI is InChI=1S/C18H14ClFN2O5/c1-11(18(24)21-16-8-5-13(20)10-15(16)19)27-17(23)9-4-12-2-6-14(7-3-12)22(25)26/h2-11H,1H3,(H,21,24). The molecule has 140 valence electrons. The van der Waals surface area contributed by atoms with Crippen LogP contribution in [-0.4, -0.2) is 22.9 Å². The summed E-state index contributed by atoms with van der Waals surface area (Å²) < 4.78 is 18.0. The lowest BCUT2D eigenvalue weighted by molar-refractivity contribution is -0.384. The molecule has 7 nitrogen and oxygen atoms in total. The molecule has 1 N–H and O–H groups in total. The van der Waals surface area contributed by atoms with E-state index in [9.17, 15) is 24.1 Å². The molecule has 0 aromatic heterocycles. The lowest BCUT2D eigenvalue weighted by Crippen LogP contribution is -2.29. The van der Waals surface area contributed by atoms with E-state index < -0.39 is 28.7 Å². The highest BCUT2D eigenvalue weighted by Crippen LogP contribution is 2.22. The molecule has 1 unspecified atom stereocenters. The van der Waals surface area contributed by atoms with E-state index in [0.717, 1.165) is 18.2 Å². The van der Waals surface area contributed by atoms with Crippen LogP contribution in [0.3, 0.4) is 0 Å². The number of nitrogens with one attached hydrogen (secondary N) is 1. The third kappa shape index (κ3) is 5.89. The Kier molecular flexibility index (Phi) is 6.62. The van der Waals surface area contributed by atoms with Crippen molar-refractivity contribution in [3.05, 3.63) is 75.1 Å². The highest BCUT2D eigenvalue weighted by Gasteiger charge is 2.18. The molecule has 2 rings (SSSR count). The number of esters is 1. The van der Waals surface area contributed by atoms with Gasteiger partial charge in [0.1, 0.15) is 5.82 Å². The minimum absolute atomic E-state index is 0.0138. The maximum absolute atomic E-state index is 13.0. The Balaban J connectivity index is 1.92. The molecule has 1 atom stereocenters. The number of hydrogen-bond donors (Lipinski definition) is 1. The Bertz CT molecular complexity index is 899. The largest absolute Gasteiger partial charge is 0.449 e. The summed E-state index contributed by atoms with van der Waals surface area (Å²) in [4.78, 5) is 33.9. The van der Waals surface area contributed by atoms with Crippen molar-refractivity contribution in [2.45, 2.75) is 13.0 Å². The second kappa shape index (κ2) is 8.91. The average Bonchev–Trinajstić information content (AvgIpc) is 2.62. The van der Waals surface area contributed by atoms with E-state index in [-0.39, 0.29) is 16.4 Å². The SMILES string of the molecule is CC(OC(=O)C=Cc1ccc([N+](=O)[O-])cc1)C(=O)Nc1ccc(F)cc1Cl. The monoisotopic (exact) mass is 392 g/mol. The molecule has 0 heterocycles. The van der Waals surface area contributed by atoms with Crippen LogP contribution < -0.4 is 5.32 Å². The van der Waals surface area contributed by atoms with Crippen LogP contribution in [0.1, 0.15) is 12.5 Å². The van der Waals surface area contributed by atoms with Crippen molar-refractivity contribution < 1.29 is 23.6 Å². The number of nitrogens with zero attached hydrogens (tertiary/aromatic N) is 1. The van der Waals surface area contributed by atoms with Gasteiger partial charge in [-0.05, 0) is 48.9 Å². The van der Waals surface area contributed by atoms with Gasteiger partial charge in [0.25, 0.3) is 11.6 Å². The summed E-state index contributed by atoms with van der Waals surface area (Å²) in [6.07, 6.45) is 1.36. The molecule has 0 saturated carbocycles. The molecule has 0 spiro atoms. The first-order chi connectivity index (χ1) is 12.8. The fourth-order valence-corrected chi connectivity index (χ4v) is 2.18. The van der Waals surface area contributed by atoms with Gasteiger partial charge in [-0.15, -0.1) is 0 Å². The Morgan fingerprint density at radius 3 is 2.52 bits per heavy atom. The Hall–Kier alpha value is -3.26. The zero-order chi connectivity index (χ0) is 20.0. The normalized spacial score (nSPS) is 11.8. The number of rotatable bonds is 6. The van der Waals surface area contributed by atoms with Crippen LogP contribution >= 0.6 is 11.6 Å². The zero-order valence-electron chi connectivity index (χ0n) is 14.0. The number of anilines is 1. The van der Waals surface area contributed by atoms with Crippen LogP contribution in [0, 0.1) is 15.9 Å². The van der Waals surface area contributed by atoms with Gasteiger partial charge in [-0.25, -0.2) is 9.18 Å². The first kappa shape index (κ1) is 20.1. The van der Waals surface area contributed by atoms with Crippen molar-refractivity contribution in [2.75, 3.05) is 5.32 Å². The first-order valence-corrected chi connectivity index (χ1v) is 8.03. The minimum atomic E-state index is -1.12. The summed E-state index contributed by atoms with van der Waals surface area (Å²) in [5, 5.41) is 13.0. The first-order valence-electron chi connectivity index (χ1n) is 7.65. The molecule has 9 heteroatoms. The molecular formula is C18H14ClFN2O5. The quantitative estimate of drug-likeness (QED) is 0.347. The van der Waals surface area contributed by atoms with E-state index in [1.165, 1.54) is 43.3 Å². The number of hydrogen-bond acceptors (Lipinski definition) is 5. The molecule has 0 aliphatic carbocycles. The lowest BCUT2D eigenvalue weighted by Gasteiger charge is -2.13. The zero-order valence-corrected chi connectivity index (χ0v) is 14.8. The predicted octanol–water partition coefficient (Wildman–Crippen LogP) is 3.97. The molecule has 1 amide bonds. The van der Waals surface area contributed by atoms with Gasteiger partial charge in [-0.1, -0.05) is 11.6 Å².